The maximum absolute atomic E-state index is 12.2. The molecule has 0 aliphatic carbocycles. The zero-order valence-electron chi connectivity index (χ0n) is 22.8. The first-order chi connectivity index (χ1) is 20.1. The van der Waals surface area contributed by atoms with Gasteiger partial charge in [-0.05, 0) is 80.3 Å². The van der Waals surface area contributed by atoms with Crippen molar-refractivity contribution in [2.24, 2.45) is 0 Å². The Bertz CT molecular complexity index is 1080. The molecule has 1 unspecified atom stereocenters. The van der Waals surface area contributed by atoms with E-state index in [0.29, 0.717) is 44.3 Å². The predicted octanol–water partition coefficient (Wildman–Crippen LogP) is 3.08. The molecule has 0 saturated carbocycles. The second kappa shape index (κ2) is 19.3. The fourth-order valence-corrected chi connectivity index (χ4v) is 3.64. The van der Waals surface area contributed by atoms with Gasteiger partial charge in [-0.2, -0.15) is 0 Å². The Morgan fingerprint density at radius 3 is 1.62 bits per heavy atom. The van der Waals surface area contributed by atoms with Gasteiger partial charge in [0.15, 0.2) is 0 Å². The highest BCUT2D eigenvalue weighted by molar-refractivity contribution is 5.80. The number of ether oxygens (including phenoxy) is 2. The number of aryl methyl sites for hydroxylation is 2. The van der Waals surface area contributed by atoms with Gasteiger partial charge in [0.1, 0.15) is 17.5 Å². The number of carbonyl (C=O) groups is 3. The minimum absolute atomic E-state index is 0.0948. The second-order valence-corrected chi connectivity index (χ2v) is 8.90. The van der Waals surface area contributed by atoms with Gasteiger partial charge in [-0.15, -0.1) is 0 Å². The molecule has 16 nitrogen and oxygen atoms in total. The molecule has 2 aromatic carbocycles. The van der Waals surface area contributed by atoms with E-state index in [0.717, 1.165) is 11.1 Å². The fraction of sp³-hybridized carbons (Fsp3) is 0.423. The Morgan fingerprint density at radius 2 is 1.17 bits per heavy atom. The number of amides is 2. The number of carboxylic acid groups (broad SMARTS) is 1. The summed E-state index contributed by atoms with van der Waals surface area (Å²) in [6.07, 6.45) is 1.62. The van der Waals surface area contributed by atoms with E-state index >= 15 is 0 Å². The van der Waals surface area contributed by atoms with Gasteiger partial charge in [-0.25, -0.2) is 14.4 Å². The van der Waals surface area contributed by atoms with E-state index in [9.17, 15) is 19.5 Å². The molecule has 0 heterocycles. The quantitative estimate of drug-likeness (QED) is 0.0915. The van der Waals surface area contributed by atoms with Crippen molar-refractivity contribution >= 4 is 18.2 Å². The van der Waals surface area contributed by atoms with Crippen LogP contribution in [0.25, 0.3) is 0 Å². The van der Waals surface area contributed by atoms with Crippen molar-refractivity contribution in [2.75, 3.05) is 19.8 Å². The average Bonchev–Trinajstić information content (AvgIpc) is 2.94. The van der Waals surface area contributed by atoms with Crippen LogP contribution in [0.1, 0.15) is 43.2 Å². The van der Waals surface area contributed by atoms with Crippen LogP contribution in [-0.2, 0) is 27.3 Å². The second-order valence-electron chi connectivity index (χ2n) is 8.90. The van der Waals surface area contributed by atoms with Crippen LogP contribution >= 0.6 is 0 Å². The van der Waals surface area contributed by atoms with E-state index in [1.165, 1.54) is 0 Å². The van der Waals surface area contributed by atoms with Gasteiger partial charge in [0, 0.05) is 6.54 Å². The van der Waals surface area contributed by atoms with Crippen molar-refractivity contribution in [3.05, 3.63) is 59.7 Å². The first kappa shape index (κ1) is 34.3. The lowest BCUT2D eigenvalue weighted by atomic mass is 10.1. The summed E-state index contributed by atoms with van der Waals surface area (Å²) in [5, 5.41) is 47.6. The lowest BCUT2D eigenvalue weighted by Gasteiger charge is -2.14. The van der Waals surface area contributed by atoms with Crippen LogP contribution in [0.2, 0.25) is 0 Å². The minimum Gasteiger partial charge on any atom is -0.480 e. The predicted molar refractivity (Wildman–Crippen MR) is 141 cm³/mol. The van der Waals surface area contributed by atoms with Gasteiger partial charge in [0.2, 0.25) is 0 Å². The average molecular weight is 597 g/mol. The third-order valence-corrected chi connectivity index (χ3v) is 5.68. The molecule has 0 radical (unpaired) electrons. The van der Waals surface area contributed by atoms with E-state index in [1.54, 1.807) is 48.5 Å². The third-order valence-electron chi connectivity index (χ3n) is 5.68. The maximum atomic E-state index is 12.2. The Kier molecular flexibility index (Phi) is 15.8. The molecule has 0 aliphatic rings. The number of hydrogen-bond acceptors (Lipinski definition) is 13. The topological polar surface area (TPSA) is 220 Å². The van der Waals surface area contributed by atoms with Crippen molar-refractivity contribution in [1.29, 1.82) is 0 Å². The Morgan fingerprint density at radius 1 is 0.690 bits per heavy atom. The molecule has 2 amide bonds. The summed E-state index contributed by atoms with van der Waals surface area (Å²) in [7, 11) is 0. The normalized spacial score (nSPS) is 11.8. The monoisotopic (exact) mass is 596 g/mol. The largest absolute Gasteiger partial charge is 0.480 e. The highest BCUT2D eigenvalue weighted by atomic mass is 17.1. The molecular formula is C26H36N4O12. The minimum atomic E-state index is -1.22. The number of carbonyl (C=O) groups excluding carboxylic acids is 2. The molecule has 7 N–H and O–H groups in total. The van der Waals surface area contributed by atoms with Gasteiger partial charge in [-0.1, -0.05) is 24.3 Å². The van der Waals surface area contributed by atoms with Crippen molar-refractivity contribution in [3.8, 4) is 11.5 Å². The van der Waals surface area contributed by atoms with Crippen molar-refractivity contribution < 1.29 is 59.5 Å². The van der Waals surface area contributed by atoms with E-state index < -0.39 is 24.2 Å². The molecule has 2 rings (SSSR count). The van der Waals surface area contributed by atoms with Gasteiger partial charge >= 0.3 is 18.2 Å². The number of unbranched alkanes of at least 4 members (excludes halogenated alkanes) is 1. The summed E-state index contributed by atoms with van der Waals surface area (Å²) in [6.45, 7) is 0.447. The standard InChI is InChI=1S/C26H36N4O12/c31-24(32)23(28-26(34)42-22-14-10-20(11-15-22)6-4-18-40-30(37)38)7-1-2-16-27-25(33)41-21-12-8-19(9-13-21)5-3-17-39-29(35)36/h8-15,23,35-38H,1-7,16-18H2,(H,27,33)(H,28,34)(H,31,32). The van der Waals surface area contributed by atoms with E-state index in [1.807, 2.05) is 0 Å². The van der Waals surface area contributed by atoms with Gasteiger partial charge < -0.3 is 25.2 Å². The van der Waals surface area contributed by atoms with Crippen molar-refractivity contribution in [3.63, 3.8) is 0 Å². The van der Waals surface area contributed by atoms with E-state index in [4.69, 9.17) is 30.3 Å². The third kappa shape index (κ3) is 15.2. The number of aliphatic carboxylic acids is 1. The van der Waals surface area contributed by atoms with Crippen molar-refractivity contribution in [1.82, 2.24) is 21.4 Å². The molecule has 0 aromatic heterocycles. The first-order valence-corrected chi connectivity index (χ1v) is 13.1. The fourth-order valence-electron chi connectivity index (χ4n) is 3.64. The maximum Gasteiger partial charge on any atom is 0.413 e. The number of carboxylic acids is 1. The summed E-state index contributed by atoms with van der Waals surface area (Å²) in [4.78, 5) is 44.7. The number of benzene rings is 2. The first-order valence-electron chi connectivity index (χ1n) is 13.1. The van der Waals surface area contributed by atoms with Gasteiger partial charge in [0.25, 0.3) is 0 Å². The molecule has 42 heavy (non-hydrogen) atoms. The SMILES string of the molecule is O=C(NCCCCC(NC(=O)Oc1ccc(CCCON(O)O)cc1)C(=O)O)Oc1ccc(CCCON(O)O)cc1. The summed E-state index contributed by atoms with van der Waals surface area (Å²) in [5.41, 5.74) is 1.84. The lowest BCUT2D eigenvalue weighted by molar-refractivity contribution is -0.492. The summed E-state index contributed by atoms with van der Waals surface area (Å²) in [6, 6.07) is 12.1. The van der Waals surface area contributed by atoms with Crippen LogP contribution in [0.4, 0.5) is 9.59 Å². The van der Waals surface area contributed by atoms with E-state index in [2.05, 4.69) is 20.3 Å². The van der Waals surface area contributed by atoms with E-state index in [-0.39, 0.29) is 42.7 Å². The molecule has 0 saturated heterocycles. The highest BCUT2D eigenvalue weighted by Crippen LogP contribution is 2.15. The zero-order chi connectivity index (χ0) is 30.7. The smallest absolute Gasteiger partial charge is 0.413 e. The van der Waals surface area contributed by atoms with Crippen LogP contribution < -0.4 is 20.1 Å². The van der Waals surface area contributed by atoms with Gasteiger partial charge in [0.05, 0.1) is 24.0 Å². The summed E-state index contributed by atoms with van der Waals surface area (Å²) < 4.78 is 10.4. The molecule has 0 fully saturated rings. The zero-order valence-corrected chi connectivity index (χ0v) is 22.8. The molecular weight excluding hydrogens is 560 g/mol. The Balaban J connectivity index is 1.63. The molecule has 0 aliphatic heterocycles. The van der Waals surface area contributed by atoms with Crippen LogP contribution in [0, 0.1) is 0 Å². The van der Waals surface area contributed by atoms with Crippen LogP contribution in [0.5, 0.6) is 11.5 Å². The van der Waals surface area contributed by atoms with Gasteiger partial charge in [-0.3, -0.25) is 30.5 Å². The van der Waals surface area contributed by atoms with Crippen molar-refractivity contribution in [2.45, 2.75) is 51.0 Å². The summed E-state index contributed by atoms with van der Waals surface area (Å²) in [5.74, 6) is -0.668. The Hall–Kier alpha value is -3.87. The highest BCUT2D eigenvalue weighted by Gasteiger charge is 2.20. The number of nitrogens with one attached hydrogen (secondary N) is 2. The number of nitrogens with zero attached hydrogens (tertiary/aromatic N) is 2. The Labute approximate surface area is 241 Å². The molecule has 232 valence electrons. The molecule has 2 aromatic rings. The van der Waals surface area contributed by atoms with Crippen LogP contribution in [-0.4, -0.2) is 80.7 Å². The lowest BCUT2D eigenvalue weighted by Crippen LogP contribution is -2.42. The van der Waals surface area contributed by atoms with Crippen LogP contribution in [0.15, 0.2) is 48.5 Å². The molecule has 16 heteroatoms. The number of rotatable bonds is 19. The molecule has 1 atom stereocenters. The molecule has 0 bridgehead atoms. The summed E-state index contributed by atoms with van der Waals surface area (Å²) >= 11 is 0. The number of hydrogen-bond donors (Lipinski definition) is 7. The van der Waals surface area contributed by atoms with Crippen LogP contribution in [0.3, 0.4) is 0 Å². The molecule has 0 spiro atoms.